The largest absolute Gasteiger partial charge is 0.380 e. The Morgan fingerprint density at radius 2 is 1.93 bits per heavy atom. The van der Waals surface area contributed by atoms with E-state index in [4.69, 9.17) is 4.74 Å². The molecule has 0 aromatic heterocycles. The summed E-state index contributed by atoms with van der Waals surface area (Å²) >= 11 is 0. The van der Waals surface area contributed by atoms with Crippen LogP contribution in [0.3, 0.4) is 0 Å². The molecule has 76 valence electrons. The van der Waals surface area contributed by atoms with Gasteiger partial charge in [-0.05, 0) is 11.1 Å². The molecule has 0 saturated heterocycles. The normalized spacial score (nSPS) is 10.8. The summed E-state index contributed by atoms with van der Waals surface area (Å²) in [6, 6.07) is 8.14. The standard InChI is InChI=1S/C11H16N2O/c1-13(2)12-8-10-4-6-11(7-5-10)9-14-3/h4-8H,9H2,1-3H3/b12-8+. The van der Waals surface area contributed by atoms with Crippen molar-refractivity contribution in [2.45, 2.75) is 6.61 Å². The van der Waals surface area contributed by atoms with Crippen LogP contribution in [-0.4, -0.2) is 32.4 Å². The first-order valence-corrected chi connectivity index (χ1v) is 4.51. The van der Waals surface area contributed by atoms with Crippen LogP contribution in [0.5, 0.6) is 0 Å². The molecule has 0 aliphatic rings. The minimum Gasteiger partial charge on any atom is -0.380 e. The lowest BCUT2D eigenvalue weighted by atomic mass is 10.1. The number of ether oxygens (including phenoxy) is 1. The number of hydrazone groups is 1. The lowest BCUT2D eigenvalue weighted by Gasteiger charge is -2.03. The Kier molecular flexibility index (Phi) is 4.13. The molecule has 1 aromatic carbocycles. The van der Waals surface area contributed by atoms with Crippen LogP contribution in [0.25, 0.3) is 0 Å². The zero-order valence-electron chi connectivity index (χ0n) is 8.90. The second kappa shape index (κ2) is 5.40. The highest BCUT2D eigenvalue weighted by Crippen LogP contribution is 2.03. The molecule has 0 amide bonds. The first kappa shape index (κ1) is 10.7. The fraction of sp³-hybridized carbons (Fsp3) is 0.364. The van der Waals surface area contributed by atoms with E-state index >= 15 is 0 Å². The van der Waals surface area contributed by atoms with Gasteiger partial charge in [-0.25, -0.2) is 0 Å². The molecule has 1 aromatic rings. The average Bonchev–Trinajstić information content (AvgIpc) is 2.17. The lowest BCUT2D eigenvalue weighted by molar-refractivity contribution is 0.185. The van der Waals surface area contributed by atoms with E-state index in [0.717, 1.165) is 5.56 Å². The van der Waals surface area contributed by atoms with Crippen LogP contribution in [0, 0.1) is 0 Å². The Morgan fingerprint density at radius 3 is 2.43 bits per heavy atom. The van der Waals surface area contributed by atoms with Crippen LogP contribution >= 0.6 is 0 Å². The van der Waals surface area contributed by atoms with Gasteiger partial charge in [-0.2, -0.15) is 5.10 Å². The second-order valence-corrected chi connectivity index (χ2v) is 3.27. The number of methoxy groups -OCH3 is 1. The molecule has 0 atom stereocenters. The van der Waals surface area contributed by atoms with Crippen molar-refractivity contribution in [2.24, 2.45) is 5.10 Å². The molecule has 0 aliphatic heterocycles. The summed E-state index contributed by atoms with van der Waals surface area (Å²) in [7, 11) is 5.49. The minimum atomic E-state index is 0.658. The summed E-state index contributed by atoms with van der Waals surface area (Å²) in [5.74, 6) is 0. The molecule has 3 heteroatoms. The Hall–Kier alpha value is -1.35. The average molecular weight is 192 g/mol. The van der Waals surface area contributed by atoms with Gasteiger partial charge in [0.05, 0.1) is 12.8 Å². The van der Waals surface area contributed by atoms with Gasteiger partial charge in [0.25, 0.3) is 0 Å². The molecule has 0 saturated carbocycles. The van der Waals surface area contributed by atoms with Crippen LogP contribution in [0.2, 0.25) is 0 Å². The molecule has 0 radical (unpaired) electrons. The molecule has 0 unspecified atom stereocenters. The van der Waals surface area contributed by atoms with E-state index in [-0.39, 0.29) is 0 Å². The van der Waals surface area contributed by atoms with Crippen molar-refractivity contribution in [3.05, 3.63) is 35.4 Å². The fourth-order valence-electron chi connectivity index (χ4n) is 1.05. The van der Waals surface area contributed by atoms with Crippen LogP contribution in [0.1, 0.15) is 11.1 Å². The summed E-state index contributed by atoms with van der Waals surface area (Å²) in [6.07, 6.45) is 1.83. The lowest BCUT2D eigenvalue weighted by Crippen LogP contribution is -2.01. The predicted octanol–water partition coefficient (Wildman–Crippen LogP) is 1.73. The third kappa shape index (κ3) is 3.58. The highest BCUT2D eigenvalue weighted by Gasteiger charge is 1.91. The molecule has 3 nitrogen and oxygen atoms in total. The number of nitrogens with zero attached hydrogens (tertiary/aromatic N) is 2. The molecule has 0 spiro atoms. The molecule has 14 heavy (non-hydrogen) atoms. The summed E-state index contributed by atoms with van der Waals surface area (Å²) in [6.45, 7) is 0.658. The summed E-state index contributed by atoms with van der Waals surface area (Å²) in [4.78, 5) is 0. The highest BCUT2D eigenvalue weighted by molar-refractivity contribution is 5.79. The van der Waals surface area contributed by atoms with Crippen molar-refractivity contribution in [3.63, 3.8) is 0 Å². The van der Waals surface area contributed by atoms with Crippen LogP contribution in [0.15, 0.2) is 29.4 Å². The zero-order chi connectivity index (χ0) is 10.4. The SMILES string of the molecule is COCc1ccc(/C=N/N(C)C)cc1. The van der Waals surface area contributed by atoms with Gasteiger partial charge in [-0.1, -0.05) is 24.3 Å². The molecule has 0 N–H and O–H groups in total. The monoisotopic (exact) mass is 192 g/mol. The maximum absolute atomic E-state index is 5.02. The highest BCUT2D eigenvalue weighted by atomic mass is 16.5. The molecule has 0 aliphatic carbocycles. The summed E-state index contributed by atoms with van der Waals surface area (Å²) < 4.78 is 5.02. The number of hydrogen-bond donors (Lipinski definition) is 0. The second-order valence-electron chi connectivity index (χ2n) is 3.27. The van der Waals surface area contributed by atoms with Crippen molar-refractivity contribution in [2.75, 3.05) is 21.2 Å². The first-order valence-electron chi connectivity index (χ1n) is 4.51. The summed E-state index contributed by atoms with van der Waals surface area (Å²) in [5, 5.41) is 5.91. The maximum Gasteiger partial charge on any atom is 0.0713 e. The predicted molar refractivity (Wildman–Crippen MR) is 58.4 cm³/mol. The van der Waals surface area contributed by atoms with Gasteiger partial charge >= 0.3 is 0 Å². The third-order valence-electron chi connectivity index (χ3n) is 1.73. The van der Waals surface area contributed by atoms with Crippen LogP contribution < -0.4 is 0 Å². The molecule has 0 fully saturated rings. The summed E-state index contributed by atoms with van der Waals surface area (Å²) in [5.41, 5.74) is 2.27. The van der Waals surface area contributed by atoms with E-state index < -0.39 is 0 Å². The minimum absolute atomic E-state index is 0.658. The third-order valence-corrected chi connectivity index (χ3v) is 1.73. The van der Waals surface area contributed by atoms with Gasteiger partial charge in [-0.3, -0.25) is 0 Å². The van der Waals surface area contributed by atoms with Crippen LogP contribution in [0.4, 0.5) is 0 Å². The quantitative estimate of drug-likeness (QED) is 0.536. The smallest absolute Gasteiger partial charge is 0.0713 e. The molecule has 1 rings (SSSR count). The topological polar surface area (TPSA) is 24.8 Å². The van der Waals surface area contributed by atoms with Crippen molar-refractivity contribution in [1.82, 2.24) is 5.01 Å². The molecule has 0 bridgehead atoms. The zero-order valence-corrected chi connectivity index (χ0v) is 8.90. The van der Waals surface area contributed by atoms with E-state index in [1.165, 1.54) is 5.56 Å². The van der Waals surface area contributed by atoms with Crippen LogP contribution in [-0.2, 0) is 11.3 Å². The molecular formula is C11H16N2O. The van der Waals surface area contributed by atoms with Crippen molar-refractivity contribution in [1.29, 1.82) is 0 Å². The fourth-order valence-corrected chi connectivity index (χ4v) is 1.05. The number of benzene rings is 1. The van der Waals surface area contributed by atoms with E-state index in [1.807, 2.05) is 44.6 Å². The van der Waals surface area contributed by atoms with Gasteiger partial charge in [-0.15, -0.1) is 0 Å². The Balaban J connectivity index is 2.64. The van der Waals surface area contributed by atoms with E-state index in [9.17, 15) is 0 Å². The number of rotatable bonds is 4. The van der Waals surface area contributed by atoms with E-state index in [2.05, 4.69) is 5.10 Å². The van der Waals surface area contributed by atoms with Gasteiger partial charge in [0, 0.05) is 21.2 Å². The van der Waals surface area contributed by atoms with Gasteiger partial charge in [0.2, 0.25) is 0 Å². The van der Waals surface area contributed by atoms with Gasteiger partial charge < -0.3 is 9.75 Å². The van der Waals surface area contributed by atoms with Gasteiger partial charge in [0.1, 0.15) is 0 Å². The van der Waals surface area contributed by atoms with Crippen molar-refractivity contribution < 1.29 is 4.74 Å². The Bertz CT molecular complexity index is 291. The maximum atomic E-state index is 5.02. The number of hydrogen-bond acceptors (Lipinski definition) is 3. The Labute approximate surface area is 85.0 Å². The van der Waals surface area contributed by atoms with E-state index in [1.54, 1.807) is 12.1 Å². The Morgan fingerprint density at radius 1 is 1.29 bits per heavy atom. The first-order chi connectivity index (χ1) is 6.72. The van der Waals surface area contributed by atoms with Gasteiger partial charge in [0.15, 0.2) is 0 Å². The van der Waals surface area contributed by atoms with Crippen molar-refractivity contribution in [3.8, 4) is 0 Å². The molecule has 0 heterocycles. The molecular weight excluding hydrogens is 176 g/mol. The van der Waals surface area contributed by atoms with E-state index in [0.29, 0.717) is 6.61 Å². The van der Waals surface area contributed by atoms with Crippen molar-refractivity contribution >= 4 is 6.21 Å².